The van der Waals surface area contributed by atoms with Crippen molar-refractivity contribution in [2.75, 3.05) is 13.2 Å². The third-order valence-corrected chi connectivity index (χ3v) is 4.20. The summed E-state index contributed by atoms with van der Waals surface area (Å²) in [6.07, 6.45) is 0. The average Bonchev–Trinajstić information content (AvgIpc) is 2.60. The van der Waals surface area contributed by atoms with Crippen molar-refractivity contribution in [1.29, 1.82) is 0 Å². The summed E-state index contributed by atoms with van der Waals surface area (Å²) in [5, 5.41) is 6.05. The van der Waals surface area contributed by atoms with Crippen LogP contribution in [0.15, 0.2) is 42.5 Å². The highest BCUT2D eigenvalue weighted by Crippen LogP contribution is 2.21. The molecule has 2 aromatic carbocycles. The normalized spacial score (nSPS) is 11.5. The smallest absolute Gasteiger partial charge is 0.253 e. The maximum Gasteiger partial charge on any atom is 0.253 e. The topological polar surface area (TPSA) is 67.4 Å². The Hall–Kier alpha value is -2.24. The number of hydrogen-bond acceptors (Lipinski definition) is 3. The van der Waals surface area contributed by atoms with Crippen LogP contribution in [0.3, 0.4) is 0 Å². The molecule has 26 heavy (non-hydrogen) atoms. The van der Waals surface area contributed by atoms with Crippen LogP contribution in [0.5, 0.6) is 5.75 Å². The fourth-order valence-corrected chi connectivity index (χ4v) is 2.82. The number of nitrogens with one attached hydrogen (secondary N) is 2. The van der Waals surface area contributed by atoms with Crippen LogP contribution in [-0.2, 0) is 4.79 Å². The van der Waals surface area contributed by atoms with Gasteiger partial charge >= 0.3 is 0 Å². The van der Waals surface area contributed by atoms with Gasteiger partial charge in [0.25, 0.3) is 5.91 Å². The molecule has 0 aliphatic rings. The second kappa shape index (κ2) is 9.46. The second-order valence-electron chi connectivity index (χ2n) is 5.60. The maximum atomic E-state index is 12.1. The zero-order chi connectivity index (χ0) is 19.1. The van der Waals surface area contributed by atoms with E-state index < -0.39 is 5.91 Å². The van der Waals surface area contributed by atoms with Gasteiger partial charge < -0.3 is 15.4 Å². The van der Waals surface area contributed by atoms with Crippen LogP contribution in [0.4, 0.5) is 0 Å². The van der Waals surface area contributed by atoms with Gasteiger partial charge in [-0.05, 0) is 49.7 Å². The summed E-state index contributed by atoms with van der Waals surface area (Å²) in [5.41, 5.74) is 1.21. The molecule has 5 nitrogen and oxygen atoms in total. The molecule has 0 fully saturated rings. The lowest BCUT2D eigenvalue weighted by Gasteiger charge is -2.15. The Morgan fingerprint density at radius 3 is 2.42 bits per heavy atom. The lowest BCUT2D eigenvalue weighted by Crippen LogP contribution is -2.38. The van der Waals surface area contributed by atoms with E-state index >= 15 is 0 Å². The summed E-state index contributed by atoms with van der Waals surface area (Å²) in [7, 11) is 0. The van der Waals surface area contributed by atoms with Gasteiger partial charge in [0.15, 0.2) is 0 Å². The van der Waals surface area contributed by atoms with E-state index in [4.69, 9.17) is 27.9 Å². The SMILES string of the molecule is CCOc1ccc([C@@H](C)NC(=O)CNC(=O)c2ccc(Cl)cc2Cl)cc1. The maximum absolute atomic E-state index is 12.1. The van der Waals surface area contributed by atoms with Crippen molar-refractivity contribution in [2.24, 2.45) is 0 Å². The number of halogens is 2. The van der Waals surface area contributed by atoms with Crippen molar-refractivity contribution in [2.45, 2.75) is 19.9 Å². The first-order chi connectivity index (χ1) is 12.4. The van der Waals surface area contributed by atoms with E-state index in [2.05, 4.69) is 10.6 Å². The summed E-state index contributed by atoms with van der Waals surface area (Å²) in [4.78, 5) is 24.2. The molecular weight excluding hydrogens is 375 g/mol. The van der Waals surface area contributed by atoms with E-state index in [-0.39, 0.29) is 29.1 Å². The average molecular weight is 395 g/mol. The predicted molar refractivity (Wildman–Crippen MR) is 103 cm³/mol. The zero-order valence-electron chi connectivity index (χ0n) is 14.5. The zero-order valence-corrected chi connectivity index (χ0v) is 16.0. The van der Waals surface area contributed by atoms with Crippen LogP contribution in [0.2, 0.25) is 10.0 Å². The van der Waals surface area contributed by atoms with E-state index in [9.17, 15) is 9.59 Å². The van der Waals surface area contributed by atoms with E-state index in [1.165, 1.54) is 12.1 Å². The van der Waals surface area contributed by atoms with Crippen LogP contribution in [-0.4, -0.2) is 25.0 Å². The number of carbonyl (C=O) groups is 2. The van der Waals surface area contributed by atoms with Gasteiger partial charge in [0.1, 0.15) is 5.75 Å². The van der Waals surface area contributed by atoms with Gasteiger partial charge in [-0.1, -0.05) is 35.3 Å². The molecule has 0 saturated carbocycles. The molecule has 138 valence electrons. The highest BCUT2D eigenvalue weighted by molar-refractivity contribution is 6.36. The third kappa shape index (κ3) is 5.64. The predicted octanol–water partition coefficient (Wildman–Crippen LogP) is 4.00. The van der Waals surface area contributed by atoms with Gasteiger partial charge in [0.05, 0.1) is 29.8 Å². The summed E-state index contributed by atoms with van der Waals surface area (Å²) in [5.74, 6) is 0.0437. The largest absolute Gasteiger partial charge is 0.494 e. The number of benzene rings is 2. The van der Waals surface area contributed by atoms with Crippen molar-refractivity contribution >= 4 is 35.0 Å². The van der Waals surface area contributed by atoms with Crippen molar-refractivity contribution in [3.05, 3.63) is 63.6 Å². The van der Waals surface area contributed by atoms with Crippen LogP contribution in [0.25, 0.3) is 0 Å². The van der Waals surface area contributed by atoms with Crippen molar-refractivity contribution in [1.82, 2.24) is 10.6 Å². The van der Waals surface area contributed by atoms with Crippen molar-refractivity contribution < 1.29 is 14.3 Å². The standard InChI is InChI=1S/C19H20Cl2N2O3/c1-3-26-15-7-4-13(5-8-15)12(2)23-18(24)11-22-19(25)16-9-6-14(20)10-17(16)21/h4-10,12H,3,11H2,1-2H3,(H,22,25)(H,23,24)/t12-/m1/s1. The molecular formula is C19H20Cl2N2O3. The van der Waals surface area contributed by atoms with Gasteiger partial charge in [0.2, 0.25) is 5.91 Å². The Bertz CT molecular complexity index is 779. The third-order valence-electron chi connectivity index (χ3n) is 3.65. The first-order valence-corrected chi connectivity index (χ1v) is 8.91. The first kappa shape index (κ1) is 20.1. The minimum atomic E-state index is -0.435. The van der Waals surface area contributed by atoms with Crippen LogP contribution < -0.4 is 15.4 Å². The number of amides is 2. The molecule has 0 aliphatic heterocycles. The number of rotatable bonds is 7. The van der Waals surface area contributed by atoms with Crippen molar-refractivity contribution in [3.63, 3.8) is 0 Å². The Kier molecular flexibility index (Phi) is 7.30. The van der Waals surface area contributed by atoms with Gasteiger partial charge in [-0.25, -0.2) is 0 Å². The monoisotopic (exact) mass is 394 g/mol. The number of ether oxygens (including phenoxy) is 1. The summed E-state index contributed by atoms with van der Waals surface area (Å²) in [6, 6.07) is 11.8. The number of hydrogen-bond donors (Lipinski definition) is 2. The van der Waals surface area contributed by atoms with E-state index in [0.29, 0.717) is 11.6 Å². The van der Waals surface area contributed by atoms with Gasteiger partial charge in [0, 0.05) is 5.02 Å². The minimum Gasteiger partial charge on any atom is -0.494 e. The van der Waals surface area contributed by atoms with Gasteiger partial charge in [-0.3, -0.25) is 9.59 Å². The Labute approximate surface area is 162 Å². The van der Waals surface area contributed by atoms with Gasteiger partial charge in [-0.2, -0.15) is 0 Å². The molecule has 0 spiro atoms. The van der Waals surface area contributed by atoms with Crippen LogP contribution in [0.1, 0.15) is 35.8 Å². The Morgan fingerprint density at radius 1 is 1.12 bits per heavy atom. The van der Waals surface area contributed by atoms with E-state index in [1.807, 2.05) is 38.1 Å². The van der Waals surface area contributed by atoms with Crippen LogP contribution >= 0.6 is 23.2 Å². The summed E-state index contributed by atoms with van der Waals surface area (Å²) >= 11 is 11.8. The fourth-order valence-electron chi connectivity index (χ4n) is 2.32. The number of carbonyl (C=O) groups excluding carboxylic acids is 2. The Balaban J connectivity index is 1.86. The molecule has 0 radical (unpaired) electrons. The summed E-state index contributed by atoms with van der Waals surface area (Å²) < 4.78 is 5.39. The fraction of sp³-hybridized carbons (Fsp3) is 0.263. The second-order valence-corrected chi connectivity index (χ2v) is 6.44. The van der Waals surface area contributed by atoms with Crippen molar-refractivity contribution in [3.8, 4) is 5.75 Å². The van der Waals surface area contributed by atoms with Gasteiger partial charge in [-0.15, -0.1) is 0 Å². The highest BCUT2D eigenvalue weighted by Gasteiger charge is 2.14. The molecule has 1 atom stereocenters. The molecule has 0 aliphatic carbocycles. The lowest BCUT2D eigenvalue weighted by molar-refractivity contribution is -0.120. The molecule has 0 heterocycles. The summed E-state index contributed by atoms with van der Waals surface area (Å²) in [6.45, 7) is 4.23. The Morgan fingerprint density at radius 2 is 1.81 bits per heavy atom. The molecule has 0 bridgehead atoms. The molecule has 0 unspecified atom stereocenters. The molecule has 0 aromatic heterocycles. The lowest BCUT2D eigenvalue weighted by atomic mass is 10.1. The molecule has 7 heteroatoms. The molecule has 2 aromatic rings. The van der Waals surface area contributed by atoms with E-state index in [0.717, 1.165) is 11.3 Å². The molecule has 2 N–H and O–H groups in total. The molecule has 0 saturated heterocycles. The molecule has 2 rings (SSSR count). The van der Waals surface area contributed by atoms with E-state index in [1.54, 1.807) is 6.07 Å². The molecule has 2 amide bonds. The highest BCUT2D eigenvalue weighted by atomic mass is 35.5. The quantitative estimate of drug-likeness (QED) is 0.745. The van der Waals surface area contributed by atoms with Crippen LogP contribution in [0, 0.1) is 0 Å². The minimum absolute atomic E-state index is 0.154. The first-order valence-electron chi connectivity index (χ1n) is 8.16.